The highest BCUT2D eigenvalue weighted by atomic mass is 32.2. The number of para-hydroxylation sites is 2. The maximum Gasteiger partial charge on any atom is 0.416 e. The number of benzene rings is 3. The molecule has 0 radical (unpaired) electrons. The van der Waals surface area contributed by atoms with Crippen molar-refractivity contribution in [3.05, 3.63) is 77.9 Å². The Morgan fingerprint density at radius 2 is 1.62 bits per heavy atom. The number of nitrogens with one attached hydrogen (secondary N) is 2. The minimum absolute atomic E-state index is 0.113. The topological polar surface area (TPSA) is 105 Å². The molecule has 0 atom stereocenters. The molecule has 0 aliphatic heterocycles. The second kappa shape index (κ2) is 8.79. The van der Waals surface area contributed by atoms with Gasteiger partial charge in [-0.05, 0) is 54.6 Å². The van der Waals surface area contributed by atoms with Crippen LogP contribution in [0.5, 0.6) is 11.5 Å². The fourth-order valence-electron chi connectivity index (χ4n) is 2.72. The first-order valence-corrected chi connectivity index (χ1v) is 10.5. The molecule has 32 heavy (non-hydrogen) atoms. The lowest BCUT2D eigenvalue weighted by Crippen LogP contribution is -2.16. The number of hydrogen-bond acceptors (Lipinski definition) is 5. The number of rotatable bonds is 6. The van der Waals surface area contributed by atoms with Crippen molar-refractivity contribution < 1.29 is 36.2 Å². The second-order valence-corrected chi connectivity index (χ2v) is 8.20. The van der Waals surface area contributed by atoms with Gasteiger partial charge in [-0.15, -0.1) is 0 Å². The van der Waals surface area contributed by atoms with Crippen molar-refractivity contribution in [3.63, 3.8) is 0 Å². The van der Waals surface area contributed by atoms with Gasteiger partial charge in [0.1, 0.15) is 11.5 Å². The minimum Gasteiger partial charge on any atom is -0.506 e. The molecule has 0 aromatic heterocycles. The highest BCUT2D eigenvalue weighted by Gasteiger charge is 2.30. The summed E-state index contributed by atoms with van der Waals surface area (Å²) in [5.41, 5.74) is -1.10. The molecule has 168 valence electrons. The van der Waals surface area contributed by atoms with Gasteiger partial charge < -0.3 is 15.2 Å². The molecule has 1 amide bonds. The van der Waals surface area contributed by atoms with Gasteiger partial charge in [-0.3, -0.25) is 9.52 Å². The van der Waals surface area contributed by atoms with Crippen LogP contribution >= 0.6 is 0 Å². The predicted octanol–water partition coefficient (Wildman–Crippen LogP) is 4.47. The highest BCUT2D eigenvalue weighted by molar-refractivity contribution is 7.92. The summed E-state index contributed by atoms with van der Waals surface area (Å²) in [7, 11) is -2.75. The van der Waals surface area contributed by atoms with Gasteiger partial charge in [-0.25, -0.2) is 8.42 Å². The number of hydrogen-bond donors (Lipinski definition) is 3. The Bertz CT molecular complexity index is 1240. The third-order valence-electron chi connectivity index (χ3n) is 4.35. The molecular weight excluding hydrogens is 449 g/mol. The Morgan fingerprint density at radius 3 is 2.25 bits per heavy atom. The van der Waals surface area contributed by atoms with Crippen LogP contribution in [-0.2, 0) is 16.2 Å². The summed E-state index contributed by atoms with van der Waals surface area (Å²) < 4.78 is 71.0. The highest BCUT2D eigenvalue weighted by Crippen LogP contribution is 2.31. The van der Waals surface area contributed by atoms with E-state index in [0.717, 1.165) is 42.5 Å². The fraction of sp³-hybridized carbons (Fsp3) is 0.0952. The minimum atomic E-state index is -4.55. The van der Waals surface area contributed by atoms with Crippen LogP contribution in [0.1, 0.15) is 15.9 Å². The first-order valence-electron chi connectivity index (χ1n) is 8.99. The van der Waals surface area contributed by atoms with E-state index in [1.54, 1.807) is 18.2 Å². The Hall–Kier alpha value is -3.73. The lowest BCUT2D eigenvalue weighted by Gasteiger charge is -2.13. The average molecular weight is 466 g/mol. The summed E-state index contributed by atoms with van der Waals surface area (Å²) in [6, 6.07) is 13.0. The third kappa shape index (κ3) is 5.11. The van der Waals surface area contributed by atoms with Crippen molar-refractivity contribution >= 4 is 27.3 Å². The molecule has 3 aromatic carbocycles. The first kappa shape index (κ1) is 22.9. The van der Waals surface area contributed by atoms with E-state index in [4.69, 9.17) is 4.74 Å². The quantitative estimate of drug-likeness (QED) is 0.465. The van der Waals surface area contributed by atoms with Crippen molar-refractivity contribution in [1.82, 2.24) is 0 Å². The second-order valence-electron chi connectivity index (χ2n) is 6.51. The number of methoxy groups -OCH3 is 1. The number of phenols is 1. The van der Waals surface area contributed by atoms with Crippen LogP contribution in [0.2, 0.25) is 0 Å². The smallest absolute Gasteiger partial charge is 0.416 e. The molecule has 0 heterocycles. The summed E-state index contributed by atoms with van der Waals surface area (Å²) in [5.74, 6) is -0.978. The van der Waals surface area contributed by atoms with Crippen molar-refractivity contribution in [2.45, 2.75) is 11.1 Å². The van der Waals surface area contributed by atoms with Gasteiger partial charge >= 0.3 is 6.18 Å². The summed E-state index contributed by atoms with van der Waals surface area (Å²) in [4.78, 5) is 12.1. The Balaban J connectivity index is 1.84. The average Bonchev–Trinajstić information content (AvgIpc) is 2.74. The lowest BCUT2D eigenvalue weighted by atomic mass is 10.1. The summed E-state index contributed by atoms with van der Waals surface area (Å²) in [6.07, 6.45) is -4.55. The number of carbonyl (C=O) groups is 1. The normalized spacial score (nSPS) is 11.6. The Labute approximate surface area is 181 Å². The Kier molecular flexibility index (Phi) is 6.30. The molecule has 0 aliphatic carbocycles. The van der Waals surface area contributed by atoms with Gasteiger partial charge in [0.05, 0.1) is 28.9 Å². The zero-order valence-electron chi connectivity index (χ0n) is 16.5. The molecule has 0 spiro atoms. The van der Waals surface area contributed by atoms with Crippen LogP contribution in [-0.4, -0.2) is 26.5 Å². The number of amides is 1. The number of aromatic hydroxyl groups is 1. The molecule has 0 bridgehead atoms. The summed E-state index contributed by atoms with van der Waals surface area (Å²) >= 11 is 0. The molecular formula is C21H17F3N2O5S. The predicted molar refractivity (Wildman–Crippen MR) is 111 cm³/mol. The molecule has 3 N–H and O–H groups in total. The van der Waals surface area contributed by atoms with Crippen LogP contribution in [0, 0.1) is 0 Å². The molecule has 0 fully saturated rings. The molecule has 0 aliphatic rings. The van der Waals surface area contributed by atoms with E-state index >= 15 is 0 Å². The van der Waals surface area contributed by atoms with E-state index in [2.05, 4.69) is 10.0 Å². The first-order chi connectivity index (χ1) is 15.0. The molecule has 3 aromatic rings. The standard InChI is InChI=1S/C21H17F3N2O5S/c1-31-19-5-3-2-4-16(19)26-32(29,30)15-10-11-18(27)17(12-15)25-20(28)13-6-8-14(9-7-13)21(22,23)24/h2-12,26-27H,1H3,(H,25,28). The van der Waals surface area contributed by atoms with Gasteiger partial charge in [0.2, 0.25) is 0 Å². The SMILES string of the molecule is COc1ccccc1NS(=O)(=O)c1ccc(O)c(NC(=O)c2ccc(C(F)(F)F)cc2)c1. The van der Waals surface area contributed by atoms with Crippen molar-refractivity contribution in [2.75, 3.05) is 17.1 Å². The van der Waals surface area contributed by atoms with Crippen molar-refractivity contribution in [1.29, 1.82) is 0 Å². The summed E-state index contributed by atoms with van der Waals surface area (Å²) in [5, 5.41) is 12.3. The van der Waals surface area contributed by atoms with Crippen molar-refractivity contribution in [3.8, 4) is 11.5 Å². The van der Waals surface area contributed by atoms with Crippen molar-refractivity contribution in [2.24, 2.45) is 0 Å². The molecule has 7 nitrogen and oxygen atoms in total. The maximum absolute atomic E-state index is 12.8. The van der Waals surface area contributed by atoms with E-state index in [1.807, 2.05) is 0 Å². The number of ether oxygens (including phenoxy) is 1. The van der Waals surface area contributed by atoms with Crippen LogP contribution in [0.3, 0.4) is 0 Å². The zero-order valence-corrected chi connectivity index (χ0v) is 17.3. The van der Waals surface area contributed by atoms with Crippen LogP contribution < -0.4 is 14.8 Å². The number of halogens is 3. The van der Waals surface area contributed by atoms with Crippen LogP contribution in [0.15, 0.2) is 71.6 Å². The molecule has 11 heteroatoms. The largest absolute Gasteiger partial charge is 0.506 e. The van der Waals surface area contributed by atoms with E-state index in [1.165, 1.54) is 13.2 Å². The van der Waals surface area contributed by atoms with E-state index < -0.39 is 33.4 Å². The number of carbonyl (C=O) groups excluding carboxylic acids is 1. The fourth-order valence-corrected chi connectivity index (χ4v) is 3.82. The number of alkyl halides is 3. The Morgan fingerprint density at radius 1 is 0.969 bits per heavy atom. The lowest BCUT2D eigenvalue weighted by molar-refractivity contribution is -0.137. The number of phenolic OH excluding ortho intramolecular Hbond substituents is 1. The van der Waals surface area contributed by atoms with Gasteiger partial charge in [0.25, 0.3) is 15.9 Å². The van der Waals surface area contributed by atoms with Gasteiger partial charge in [0, 0.05) is 5.56 Å². The van der Waals surface area contributed by atoms with Gasteiger partial charge in [-0.2, -0.15) is 13.2 Å². The van der Waals surface area contributed by atoms with E-state index in [9.17, 15) is 31.5 Å². The molecule has 0 saturated carbocycles. The molecule has 0 saturated heterocycles. The van der Waals surface area contributed by atoms with E-state index in [0.29, 0.717) is 0 Å². The maximum atomic E-state index is 12.8. The van der Waals surface area contributed by atoms with Crippen LogP contribution in [0.4, 0.5) is 24.5 Å². The van der Waals surface area contributed by atoms with Crippen LogP contribution in [0.25, 0.3) is 0 Å². The molecule has 3 rings (SSSR count). The van der Waals surface area contributed by atoms with E-state index in [-0.39, 0.29) is 27.6 Å². The number of sulfonamides is 1. The van der Waals surface area contributed by atoms with Gasteiger partial charge in [-0.1, -0.05) is 12.1 Å². The third-order valence-corrected chi connectivity index (χ3v) is 5.72. The van der Waals surface area contributed by atoms with Gasteiger partial charge in [0.15, 0.2) is 0 Å². The number of anilines is 2. The molecule has 0 unspecified atom stereocenters. The monoisotopic (exact) mass is 466 g/mol. The zero-order chi connectivity index (χ0) is 23.5. The summed E-state index contributed by atoms with van der Waals surface area (Å²) in [6.45, 7) is 0.